The van der Waals surface area contributed by atoms with Gasteiger partial charge in [0.15, 0.2) is 0 Å². The van der Waals surface area contributed by atoms with Gasteiger partial charge in [0.1, 0.15) is 11.4 Å². The lowest BCUT2D eigenvalue weighted by atomic mass is 10.1. The Morgan fingerprint density at radius 1 is 1.45 bits per heavy atom. The number of alkyl halides is 3. The Bertz CT molecular complexity index is 667. The van der Waals surface area contributed by atoms with Crippen molar-refractivity contribution in [2.45, 2.75) is 19.1 Å². The summed E-state index contributed by atoms with van der Waals surface area (Å²) in [5, 5.41) is 2.62. The van der Waals surface area contributed by atoms with E-state index < -0.39 is 23.8 Å². The summed E-state index contributed by atoms with van der Waals surface area (Å²) in [5.74, 6) is -0.126. The summed E-state index contributed by atoms with van der Waals surface area (Å²) in [6.45, 7) is 1.70. The van der Waals surface area contributed by atoms with E-state index >= 15 is 0 Å². The summed E-state index contributed by atoms with van der Waals surface area (Å²) in [7, 11) is 1.47. The molecule has 118 valence electrons. The van der Waals surface area contributed by atoms with Gasteiger partial charge in [0.05, 0.1) is 24.9 Å². The topological polar surface area (TPSA) is 67.0 Å². The third-order valence-electron chi connectivity index (χ3n) is 3.10. The lowest BCUT2D eigenvalue weighted by molar-refractivity contribution is -0.140. The number of amides is 1. The van der Waals surface area contributed by atoms with E-state index in [1.807, 2.05) is 4.98 Å². The van der Waals surface area contributed by atoms with Crippen LogP contribution >= 0.6 is 0 Å². The molecule has 0 aliphatic carbocycles. The normalized spacial score (nSPS) is 12.8. The third kappa shape index (κ3) is 3.38. The largest absolute Gasteiger partial charge is 0.495 e. The van der Waals surface area contributed by atoms with Gasteiger partial charge in [0.25, 0.3) is 5.91 Å². The van der Waals surface area contributed by atoms with Crippen LogP contribution in [0.2, 0.25) is 0 Å². The molecule has 5 nitrogen and oxygen atoms in total. The molecule has 8 heteroatoms. The first-order valence-electron chi connectivity index (χ1n) is 6.37. The summed E-state index contributed by atoms with van der Waals surface area (Å²) in [6, 6.07) is 1.99. The molecule has 2 rings (SSSR count). The van der Waals surface area contributed by atoms with E-state index in [-0.39, 0.29) is 5.56 Å². The molecule has 22 heavy (non-hydrogen) atoms. The summed E-state index contributed by atoms with van der Waals surface area (Å²) >= 11 is 0. The molecule has 0 radical (unpaired) electrons. The second-order valence-corrected chi connectivity index (χ2v) is 4.61. The molecular weight excluding hydrogens is 299 g/mol. The zero-order chi connectivity index (χ0) is 16.3. The van der Waals surface area contributed by atoms with Crippen molar-refractivity contribution in [3.8, 4) is 5.75 Å². The highest BCUT2D eigenvalue weighted by atomic mass is 19.4. The maximum Gasteiger partial charge on any atom is 0.431 e. The van der Waals surface area contributed by atoms with E-state index in [0.29, 0.717) is 11.3 Å². The van der Waals surface area contributed by atoms with Crippen LogP contribution in [0.25, 0.3) is 0 Å². The van der Waals surface area contributed by atoms with Crippen molar-refractivity contribution in [1.29, 1.82) is 0 Å². The van der Waals surface area contributed by atoms with Crippen LogP contribution in [0.4, 0.5) is 13.2 Å². The number of ether oxygens (including phenoxy) is 1. The van der Waals surface area contributed by atoms with Gasteiger partial charge in [-0.3, -0.25) is 9.78 Å². The van der Waals surface area contributed by atoms with Gasteiger partial charge in [0.2, 0.25) is 0 Å². The Morgan fingerprint density at radius 3 is 2.77 bits per heavy atom. The molecule has 1 atom stereocenters. The molecule has 1 amide bonds. The number of H-pyrrole nitrogens is 1. The number of aromatic nitrogens is 2. The Balaban J connectivity index is 2.13. The Labute approximate surface area is 124 Å². The monoisotopic (exact) mass is 313 g/mol. The molecule has 2 N–H and O–H groups in total. The van der Waals surface area contributed by atoms with E-state index in [4.69, 9.17) is 4.74 Å². The van der Waals surface area contributed by atoms with E-state index in [1.54, 1.807) is 19.2 Å². The zero-order valence-electron chi connectivity index (χ0n) is 11.9. The highest BCUT2D eigenvalue weighted by Crippen LogP contribution is 2.29. The van der Waals surface area contributed by atoms with Crippen LogP contribution in [0, 0.1) is 0 Å². The SMILES string of the molecule is COc1cnccc1C(C)NC(=O)c1c[nH]c(C(F)(F)F)c1. The second-order valence-electron chi connectivity index (χ2n) is 4.61. The molecule has 0 aliphatic rings. The van der Waals surface area contributed by atoms with E-state index in [0.717, 1.165) is 12.3 Å². The number of rotatable bonds is 4. The Kier molecular flexibility index (Phi) is 4.39. The molecule has 0 saturated heterocycles. The van der Waals surface area contributed by atoms with Crippen molar-refractivity contribution >= 4 is 5.91 Å². The number of nitrogens with one attached hydrogen (secondary N) is 2. The van der Waals surface area contributed by atoms with Crippen LogP contribution in [0.5, 0.6) is 5.75 Å². The molecule has 2 aromatic rings. The fraction of sp³-hybridized carbons (Fsp3) is 0.286. The molecule has 0 saturated carbocycles. The number of aromatic amines is 1. The predicted molar refractivity (Wildman–Crippen MR) is 72.5 cm³/mol. The molecule has 0 fully saturated rings. The molecular formula is C14H14F3N3O2. The fourth-order valence-corrected chi connectivity index (χ4v) is 1.97. The highest BCUT2D eigenvalue weighted by Gasteiger charge is 2.33. The predicted octanol–water partition coefficient (Wildman–Crippen LogP) is 2.93. The molecule has 1 unspecified atom stereocenters. The van der Waals surface area contributed by atoms with Gasteiger partial charge in [-0.2, -0.15) is 13.2 Å². The van der Waals surface area contributed by atoms with Gasteiger partial charge in [0, 0.05) is 18.0 Å². The summed E-state index contributed by atoms with van der Waals surface area (Å²) in [5.41, 5.74) is -0.378. The van der Waals surface area contributed by atoms with Crippen LogP contribution in [0.1, 0.15) is 34.6 Å². The van der Waals surface area contributed by atoms with Crippen molar-refractivity contribution in [2.75, 3.05) is 7.11 Å². The van der Waals surface area contributed by atoms with E-state index in [1.165, 1.54) is 13.3 Å². The first kappa shape index (κ1) is 15.9. The molecule has 0 aliphatic heterocycles. The number of hydrogen-bond donors (Lipinski definition) is 2. The minimum absolute atomic E-state index is 0.0906. The van der Waals surface area contributed by atoms with Gasteiger partial charge in [-0.05, 0) is 19.1 Å². The Morgan fingerprint density at radius 2 is 2.18 bits per heavy atom. The van der Waals surface area contributed by atoms with Crippen molar-refractivity contribution in [2.24, 2.45) is 0 Å². The molecule has 0 spiro atoms. The maximum atomic E-state index is 12.5. The number of methoxy groups -OCH3 is 1. The standard InChI is InChI=1S/C14H14F3N3O2/c1-8(10-3-4-18-7-11(10)22-2)20-13(21)9-5-12(19-6-9)14(15,16)17/h3-8,19H,1-2H3,(H,20,21). The van der Waals surface area contributed by atoms with E-state index in [9.17, 15) is 18.0 Å². The lowest BCUT2D eigenvalue weighted by Crippen LogP contribution is -2.26. The lowest BCUT2D eigenvalue weighted by Gasteiger charge is -2.16. The number of nitrogens with zero attached hydrogens (tertiary/aromatic N) is 1. The van der Waals surface area contributed by atoms with Gasteiger partial charge < -0.3 is 15.0 Å². The van der Waals surface area contributed by atoms with Crippen LogP contribution in [-0.4, -0.2) is 23.0 Å². The van der Waals surface area contributed by atoms with Crippen LogP contribution in [0.15, 0.2) is 30.7 Å². The summed E-state index contributed by atoms with van der Waals surface area (Å²) in [4.78, 5) is 18.0. The number of pyridine rings is 1. The van der Waals surface area contributed by atoms with Crippen molar-refractivity contribution in [3.63, 3.8) is 0 Å². The first-order chi connectivity index (χ1) is 10.3. The van der Waals surface area contributed by atoms with Gasteiger partial charge >= 0.3 is 6.18 Å². The van der Waals surface area contributed by atoms with Crippen LogP contribution in [-0.2, 0) is 6.18 Å². The molecule has 2 heterocycles. The average molecular weight is 313 g/mol. The maximum absolute atomic E-state index is 12.5. The molecule has 0 aromatic carbocycles. The zero-order valence-corrected chi connectivity index (χ0v) is 11.9. The highest BCUT2D eigenvalue weighted by molar-refractivity contribution is 5.94. The van der Waals surface area contributed by atoms with Crippen molar-refractivity contribution in [1.82, 2.24) is 15.3 Å². The van der Waals surface area contributed by atoms with Gasteiger partial charge in [-0.15, -0.1) is 0 Å². The van der Waals surface area contributed by atoms with Crippen LogP contribution in [0.3, 0.4) is 0 Å². The number of halogens is 3. The minimum atomic E-state index is -4.52. The van der Waals surface area contributed by atoms with Crippen molar-refractivity contribution < 1.29 is 22.7 Å². The number of carbonyl (C=O) groups is 1. The van der Waals surface area contributed by atoms with Crippen LogP contribution < -0.4 is 10.1 Å². The third-order valence-corrected chi connectivity index (χ3v) is 3.10. The van der Waals surface area contributed by atoms with Gasteiger partial charge in [-0.25, -0.2) is 0 Å². The summed E-state index contributed by atoms with van der Waals surface area (Å²) in [6.07, 6.45) is -0.457. The van der Waals surface area contributed by atoms with Gasteiger partial charge in [-0.1, -0.05) is 0 Å². The number of carbonyl (C=O) groups excluding carboxylic acids is 1. The van der Waals surface area contributed by atoms with E-state index in [2.05, 4.69) is 10.3 Å². The van der Waals surface area contributed by atoms with Crippen molar-refractivity contribution in [3.05, 3.63) is 47.5 Å². The minimum Gasteiger partial charge on any atom is -0.495 e. The second kappa shape index (κ2) is 6.08. The summed E-state index contributed by atoms with van der Waals surface area (Å²) < 4.78 is 42.6. The quantitative estimate of drug-likeness (QED) is 0.912. The first-order valence-corrected chi connectivity index (χ1v) is 6.37. The smallest absolute Gasteiger partial charge is 0.431 e. The molecule has 2 aromatic heterocycles. The number of hydrogen-bond acceptors (Lipinski definition) is 3. The average Bonchev–Trinajstić information content (AvgIpc) is 2.97. The molecule has 0 bridgehead atoms. The fourth-order valence-electron chi connectivity index (χ4n) is 1.97. The Hall–Kier alpha value is -2.51.